The van der Waals surface area contributed by atoms with Crippen LogP contribution in [0.2, 0.25) is 0 Å². The van der Waals surface area contributed by atoms with Gasteiger partial charge in [-0.05, 0) is 40.8 Å². The van der Waals surface area contributed by atoms with Crippen LogP contribution in [-0.2, 0) is 17.9 Å². The van der Waals surface area contributed by atoms with Gasteiger partial charge in [0, 0.05) is 51.6 Å². The van der Waals surface area contributed by atoms with Gasteiger partial charge in [0.1, 0.15) is 17.2 Å². The number of likely N-dealkylation sites (tertiary alicyclic amines) is 1. The number of hydrogen-bond donors (Lipinski definition) is 0. The van der Waals surface area contributed by atoms with Gasteiger partial charge in [0.25, 0.3) is 0 Å². The molecule has 36 heavy (non-hydrogen) atoms. The van der Waals surface area contributed by atoms with Crippen LogP contribution in [0.5, 0.6) is 17.2 Å². The minimum atomic E-state index is 0.0913. The summed E-state index contributed by atoms with van der Waals surface area (Å²) in [6.07, 6.45) is 0. The summed E-state index contributed by atoms with van der Waals surface area (Å²) in [6.45, 7) is 5.48. The van der Waals surface area contributed by atoms with E-state index in [1.807, 2.05) is 41.3 Å². The Kier molecular flexibility index (Phi) is 8.49. The molecule has 0 aromatic heterocycles. The number of rotatable bonds is 10. The SMILES string of the molecule is COc1cc(CN2CC(CN(Cc3ccccc3)C(C)=O)C(c3ccccc3OC)C2)cc(OC)c1. The monoisotopic (exact) mass is 488 g/mol. The van der Waals surface area contributed by atoms with Crippen LogP contribution < -0.4 is 14.2 Å². The van der Waals surface area contributed by atoms with E-state index in [0.29, 0.717) is 13.1 Å². The molecule has 1 aliphatic heterocycles. The summed E-state index contributed by atoms with van der Waals surface area (Å²) in [7, 11) is 5.07. The van der Waals surface area contributed by atoms with E-state index in [1.165, 1.54) is 5.56 Å². The van der Waals surface area contributed by atoms with Crippen molar-refractivity contribution in [3.05, 3.63) is 89.5 Å². The second-order valence-corrected chi connectivity index (χ2v) is 9.41. The highest BCUT2D eigenvalue weighted by molar-refractivity contribution is 5.73. The zero-order valence-electron chi connectivity index (χ0n) is 21.6. The third-order valence-electron chi connectivity index (χ3n) is 6.99. The topological polar surface area (TPSA) is 51.2 Å². The Labute approximate surface area is 214 Å². The Hall–Kier alpha value is -3.51. The van der Waals surface area contributed by atoms with Crippen LogP contribution in [0.1, 0.15) is 29.5 Å². The lowest BCUT2D eigenvalue weighted by molar-refractivity contribution is -0.130. The molecule has 0 saturated carbocycles. The Morgan fingerprint density at radius 2 is 1.53 bits per heavy atom. The number of ether oxygens (including phenoxy) is 3. The lowest BCUT2D eigenvalue weighted by Gasteiger charge is -2.28. The summed E-state index contributed by atoms with van der Waals surface area (Å²) in [5.74, 6) is 3.06. The summed E-state index contributed by atoms with van der Waals surface area (Å²) in [5, 5.41) is 0. The molecule has 2 atom stereocenters. The minimum Gasteiger partial charge on any atom is -0.497 e. The van der Waals surface area contributed by atoms with Crippen molar-refractivity contribution >= 4 is 5.91 Å². The average Bonchev–Trinajstić information content (AvgIpc) is 3.30. The maximum Gasteiger partial charge on any atom is 0.219 e. The van der Waals surface area contributed by atoms with E-state index in [-0.39, 0.29) is 17.7 Å². The van der Waals surface area contributed by atoms with Gasteiger partial charge < -0.3 is 19.1 Å². The van der Waals surface area contributed by atoms with Crippen LogP contribution in [0, 0.1) is 5.92 Å². The quantitative estimate of drug-likeness (QED) is 0.403. The molecule has 1 fully saturated rings. The number of amides is 1. The minimum absolute atomic E-state index is 0.0913. The third kappa shape index (κ3) is 6.18. The number of methoxy groups -OCH3 is 3. The second-order valence-electron chi connectivity index (χ2n) is 9.41. The summed E-state index contributed by atoms with van der Waals surface area (Å²) < 4.78 is 16.7. The van der Waals surface area contributed by atoms with Gasteiger partial charge in [-0.3, -0.25) is 9.69 Å². The van der Waals surface area contributed by atoms with E-state index in [2.05, 4.69) is 41.3 Å². The predicted molar refractivity (Wildman–Crippen MR) is 142 cm³/mol. The van der Waals surface area contributed by atoms with Crippen molar-refractivity contribution in [1.29, 1.82) is 0 Å². The molecule has 0 spiro atoms. The summed E-state index contributed by atoms with van der Waals surface area (Å²) in [4.78, 5) is 17.1. The summed E-state index contributed by atoms with van der Waals surface area (Å²) in [5.41, 5.74) is 3.47. The molecule has 2 unspecified atom stereocenters. The highest BCUT2D eigenvalue weighted by Crippen LogP contribution is 2.39. The number of carbonyl (C=O) groups is 1. The Balaban J connectivity index is 1.59. The molecule has 1 amide bonds. The maximum atomic E-state index is 12.7. The van der Waals surface area contributed by atoms with Crippen molar-refractivity contribution in [1.82, 2.24) is 9.80 Å². The molecule has 0 bridgehead atoms. The molecule has 0 aliphatic carbocycles. The van der Waals surface area contributed by atoms with Crippen LogP contribution in [0.4, 0.5) is 0 Å². The molecular formula is C30H36N2O4. The first-order chi connectivity index (χ1) is 17.5. The zero-order valence-corrected chi connectivity index (χ0v) is 21.6. The number of carbonyl (C=O) groups excluding carboxylic acids is 1. The molecule has 0 radical (unpaired) electrons. The molecule has 1 saturated heterocycles. The number of para-hydroxylation sites is 1. The van der Waals surface area contributed by atoms with Gasteiger partial charge in [-0.2, -0.15) is 0 Å². The van der Waals surface area contributed by atoms with Crippen molar-refractivity contribution in [2.45, 2.75) is 25.9 Å². The van der Waals surface area contributed by atoms with Gasteiger partial charge in [0.15, 0.2) is 0 Å². The molecule has 3 aromatic carbocycles. The van der Waals surface area contributed by atoms with Crippen molar-refractivity contribution < 1.29 is 19.0 Å². The van der Waals surface area contributed by atoms with Gasteiger partial charge in [-0.25, -0.2) is 0 Å². The van der Waals surface area contributed by atoms with Gasteiger partial charge >= 0.3 is 0 Å². The molecule has 0 N–H and O–H groups in total. The largest absolute Gasteiger partial charge is 0.497 e. The average molecular weight is 489 g/mol. The molecule has 1 aliphatic rings. The van der Waals surface area contributed by atoms with E-state index in [4.69, 9.17) is 14.2 Å². The van der Waals surface area contributed by atoms with Crippen LogP contribution in [0.25, 0.3) is 0 Å². The van der Waals surface area contributed by atoms with Crippen molar-refractivity contribution in [3.8, 4) is 17.2 Å². The van der Waals surface area contributed by atoms with E-state index in [1.54, 1.807) is 28.3 Å². The maximum absolute atomic E-state index is 12.7. The Bertz CT molecular complexity index is 1130. The first kappa shape index (κ1) is 25.6. The molecule has 6 nitrogen and oxygen atoms in total. The highest BCUT2D eigenvalue weighted by Gasteiger charge is 2.36. The normalized spacial score (nSPS) is 17.6. The molecule has 190 valence electrons. The van der Waals surface area contributed by atoms with Crippen molar-refractivity contribution in [2.24, 2.45) is 5.92 Å². The van der Waals surface area contributed by atoms with Crippen molar-refractivity contribution in [3.63, 3.8) is 0 Å². The predicted octanol–water partition coefficient (Wildman–Crippen LogP) is 4.98. The van der Waals surface area contributed by atoms with Crippen LogP contribution >= 0.6 is 0 Å². The van der Waals surface area contributed by atoms with E-state index < -0.39 is 0 Å². The van der Waals surface area contributed by atoms with E-state index in [0.717, 1.165) is 48.0 Å². The van der Waals surface area contributed by atoms with Gasteiger partial charge in [0.05, 0.1) is 21.3 Å². The first-order valence-corrected chi connectivity index (χ1v) is 12.4. The summed E-state index contributed by atoms with van der Waals surface area (Å²) in [6, 6.07) is 24.5. The van der Waals surface area contributed by atoms with Crippen molar-refractivity contribution in [2.75, 3.05) is 41.0 Å². The lowest BCUT2D eigenvalue weighted by atomic mass is 9.87. The van der Waals surface area contributed by atoms with E-state index in [9.17, 15) is 4.79 Å². The molecule has 6 heteroatoms. The zero-order chi connectivity index (χ0) is 25.5. The van der Waals surface area contributed by atoms with Gasteiger partial charge in [-0.15, -0.1) is 0 Å². The number of hydrogen-bond acceptors (Lipinski definition) is 5. The molecule has 4 rings (SSSR count). The second kappa shape index (κ2) is 12.0. The first-order valence-electron chi connectivity index (χ1n) is 12.4. The Morgan fingerprint density at radius 1 is 0.861 bits per heavy atom. The Morgan fingerprint density at radius 3 is 2.17 bits per heavy atom. The molecular weight excluding hydrogens is 452 g/mol. The lowest BCUT2D eigenvalue weighted by Crippen LogP contribution is -2.35. The number of benzene rings is 3. The van der Waals surface area contributed by atoms with Gasteiger partial charge in [-0.1, -0.05) is 48.5 Å². The van der Waals surface area contributed by atoms with Crippen LogP contribution in [0.3, 0.4) is 0 Å². The molecule has 3 aromatic rings. The summed E-state index contributed by atoms with van der Waals surface area (Å²) >= 11 is 0. The molecule has 1 heterocycles. The van der Waals surface area contributed by atoms with Crippen LogP contribution in [-0.4, -0.2) is 56.7 Å². The van der Waals surface area contributed by atoms with Crippen LogP contribution in [0.15, 0.2) is 72.8 Å². The fourth-order valence-electron chi connectivity index (χ4n) is 5.21. The number of nitrogens with zero attached hydrogens (tertiary/aromatic N) is 2. The van der Waals surface area contributed by atoms with Gasteiger partial charge in [0.2, 0.25) is 5.91 Å². The van der Waals surface area contributed by atoms with E-state index >= 15 is 0 Å². The highest BCUT2D eigenvalue weighted by atomic mass is 16.5. The third-order valence-corrected chi connectivity index (χ3v) is 6.99. The smallest absolute Gasteiger partial charge is 0.219 e. The standard InChI is InChI=1S/C30H36N2O4/c1-22(33)32(18-23-10-6-5-7-11-23)20-25-19-31(17-24-14-26(34-2)16-27(15-24)35-3)21-29(25)28-12-8-9-13-30(28)36-4/h5-16,25,29H,17-21H2,1-4H3. The fourth-order valence-corrected chi connectivity index (χ4v) is 5.21. The fraction of sp³-hybridized carbons (Fsp3) is 0.367.